The number of aromatic hydroxyl groups is 1. The lowest BCUT2D eigenvalue weighted by Crippen LogP contribution is -2.61. The molecule has 3 fully saturated rings. The molecule has 37 nitrogen and oxygen atoms in total. The Kier molecular flexibility index (Phi) is 33.6. The number of aliphatic hydroxyl groups excluding tert-OH is 1. The van der Waals surface area contributed by atoms with Crippen LogP contribution in [-0.2, 0) is 91.2 Å². The van der Waals surface area contributed by atoms with Crippen molar-refractivity contribution in [3.63, 3.8) is 0 Å². The zero-order chi connectivity index (χ0) is 79.6. The minimum atomic E-state index is -1.67. The molecular weight excluding hydrogens is 1500 g/mol. The second kappa shape index (κ2) is 42.3. The van der Waals surface area contributed by atoms with E-state index in [1.807, 2.05) is 18.2 Å². The number of aromatic nitrogens is 3. The Bertz CT molecular complexity index is 3890. The van der Waals surface area contributed by atoms with Gasteiger partial charge < -0.3 is 112 Å². The lowest BCUT2D eigenvalue weighted by atomic mass is 10.0. The standard InChI is InChI=1S/C68H96N20O17S4/c1-33(2)17-44-62(99)85-50-30-109-107-29-49(60(97)76-25-54(92)78-45(18-35-12-14-38(89)15-13-35)63(100)79-43(61(98)81-44)11-7-8-16-69)84-65(102)51(31-108-106-28-48(57(72)94)83-66(103)52-21-39(90)27-88(52)68(105)47(82-64(50)101)20-37-24-73-32-77-37)86-67(104)56(34(3)4)87-55(93)26-75-59(96)46(22-53(71)91)80-58(95)41(70)19-36-23-74-42-10-6-5-9-40(36)42/h5-6,9-10,12-15,23-24,32-34,39,41,43-52,56,74,89-90H,7-8,11,16-22,25-31,69-70H2,1-4H3,(H2,71,91)(H2,72,94)(H,73,77)(H,75,96)(H,76,97)(H,78,92)(H,79,100)(H,80,95)(H,81,98)(H,82,101)(H,83,103)(H,84,102)(H,85,99)(H,86,104)(H,87,93)/t39-,41+,43+,44+,45+,46+,47+,48+,49+,50+,51+,52+,56+/m1/s1. The first-order valence-electron chi connectivity index (χ1n) is 35.3. The number of nitrogens with two attached hydrogens (primary N) is 4. The molecular formula is C68H96N20O17S4. The van der Waals surface area contributed by atoms with Crippen LogP contribution in [0.2, 0.25) is 0 Å². The number of para-hydroxylation sites is 1. The summed E-state index contributed by atoms with van der Waals surface area (Å²) in [5.41, 5.74) is 25.6. The summed E-state index contributed by atoms with van der Waals surface area (Å²) in [6, 6.07) is -5.08. The summed E-state index contributed by atoms with van der Waals surface area (Å²) in [6.45, 7) is 4.70. The van der Waals surface area contributed by atoms with E-state index in [1.165, 1.54) is 50.6 Å². The maximum atomic E-state index is 15.1. The molecule has 594 valence electrons. The van der Waals surface area contributed by atoms with Crippen molar-refractivity contribution in [3.8, 4) is 5.75 Å². The molecule has 3 aliphatic heterocycles. The van der Waals surface area contributed by atoms with Crippen LogP contribution in [-0.4, -0.2) is 246 Å². The average Bonchev–Trinajstić information content (AvgIpc) is 1.69. The summed E-state index contributed by atoms with van der Waals surface area (Å²) in [7, 11) is 3.53. The van der Waals surface area contributed by atoms with E-state index in [4.69, 9.17) is 22.9 Å². The zero-order valence-corrected chi connectivity index (χ0v) is 63.7. The number of aromatic amines is 2. The average molecular weight is 1590 g/mol. The number of imidazole rings is 1. The van der Waals surface area contributed by atoms with Gasteiger partial charge in [-0.25, -0.2) is 4.98 Å². The van der Waals surface area contributed by atoms with Crippen LogP contribution in [0, 0.1) is 11.8 Å². The number of rotatable bonds is 24. The minimum absolute atomic E-state index is 0.0170. The highest BCUT2D eigenvalue weighted by molar-refractivity contribution is 8.77. The number of unbranched alkanes of at least 4 members (excludes halogenated alkanes) is 1. The molecule has 3 aliphatic rings. The number of nitrogens with zero attached hydrogens (tertiary/aromatic N) is 2. The number of benzene rings is 2. The first-order valence-corrected chi connectivity index (χ1v) is 40.2. The van der Waals surface area contributed by atoms with E-state index in [-0.39, 0.29) is 68.2 Å². The van der Waals surface area contributed by atoms with Gasteiger partial charge in [0.1, 0.15) is 72.2 Å². The molecule has 5 heterocycles. The summed E-state index contributed by atoms with van der Waals surface area (Å²) in [4.78, 5) is 224. The number of aliphatic hydroxyl groups is 1. The first kappa shape index (κ1) is 86.6. The van der Waals surface area contributed by atoms with E-state index in [9.17, 15) is 72.5 Å². The van der Waals surface area contributed by atoms with Gasteiger partial charge in [0.25, 0.3) is 0 Å². The number of nitrogens with one attached hydrogen (secondary N) is 14. The third-order valence-electron chi connectivity index (χ3n) is 17.7. The smallest absolute Gasteiger partial charge is 0.246 e. The van der Waals surface area contributed by atoms with Crippen molar-refractivity contribution in [3.05, 3.63) is 84.1 Å². The molecule has 0 saturated carbocycles. The van der Waals surface area contributed by atoms with Gasteiger partial charge in [-0.1, -0.05) is 101 Å². The largest absolute Gasteiger partial charge is 0.508 e. The lowest BCUT2D eigenvalue weighted by Gasteiger charge is -2.31. The van der Waals surface area contributed by atoms with E-state index in [2.05, 4.69) is 78.8 Å². The summed E-state index contributed by atoms with van der Waals surface area (Å²) in [5.74, 6) is -17.0. The molecule has 41 heteroatoms. The van der Waals surface area contributed by atoms with E-state index in [0.29, 0.717) is 29.7 Å². The van der Waals surface area contributed by atoms with Crippen molar-refractivity contribution in [1.82, 2.24) is 83.7 Å². The topological polar surface area (TPSA) is 593 Å². The van der Waals surface area contributed by atoms with Crippen molar-refractivity contribution in [2.45, 2.75) is 164 Å². The summed E-state index contributed by atoms with van der Waals surface area (Å²) < 4.78 is 0. The molecule has 2 bridgehead atoms. The highest BCUT2D eigenvalue weighted by Gasteiger charge is 2.44. The molecule has 24 N–H and O–H groups in total. The van der Waals surface area contributed by atoms with Gasteiger partial charge in [0.05, 0.1) is 38.0 Å². The molecule has 13 atom stereocenters. The molecule has 0 aliphatic carbocycles. The van der Waals surface area contributed by atoms with Gasteiger partial charge in [-0.3, -0.25) is 71.9 Å². The van der Waals surface area contributed by atoms with Gasteiger partial charge >= 0.3 is 0 Å². The number of H-pyrrole nitrogens is 2. The van der Waals surface area contributed by atoms with Gasteiger partial charge in [-0.2, -0.15) is 0 Å². The number of carbonyl (C=O) groups is 15. The Hall–Kier alpha value is -9.68. The number of primary amides is 2. The van der Waals surface area contributed by atoms with E-state index in [0.717, 1.165) is 59.0 Å². The Labute approximate surface area is 642 Å². The maximum absolute atomic E-state index is 15.1. The normalized spacial score (nSPS) is 23.7. The molecule has 15 amide bonds. The molecule has 4 aromatic rings. The number of phenols is 1. The fraction of sp³-hybridized carbons (Fsp3) is 0.529. The number of amides is 15. The number of fused-ring (bicyclic) bond motifs is 7. The van der Waals surface area contributed by atoms with Crippen LogP contribution in [0.1, 0.15) is 83.0 Å². The van der Waals surface area contributed by atoms with Crippen LogP contribution in [0.3, 0.4) is 0 Å². The molecule has 109 heavy (non-hydrogen) atoms. The fourth-order valence-corrected chi connectivity index (χ4v) is 16.5. The van der Waals surface area contributed by atoms with E-state index < -0.39 is 211 Å². The predicted octanol–water partition coefficient (Wildman–Crippen LogP) is -5.02. The highest BCUT2D eigenvalue weighted by atomic mass is 33.1. The van der Waals surface area contributed by atoms with Crippen molar-refractivity contribution >= 4 is 143 Å². The van der Waals surface area contributed by atoms with Crippen molar-refractivity contribution in [1.29, 1.82) is 0 Å². The Balaban J connectivity index is 1.21. The van der Waals surface area contributed by atoms with E-state index >= 15 is 9.59 Å². The second-order valence-corrected chi connectivity index (χ2v) is 32.3. The molecule has 0 radical (unpaired) electrons. The fourth-order valence-electron chi connectivity index (χ4n) is 11.9. The van der Waals surface area contributed by atoms with Crippen LogP contribution in [0.15, 0.2) is 67.3 Å². The molecule has 0 unspecified atom stereocenters. The van der Waals surface area contributed by atoms with Crippen LogP contribution >= 0.6 is 43.2 Å². The molecule has 3 saturated heterocycles. The SMILES string of the molecule is CC(C)C[C@@H]1NC(=O)[C@H](CCCCN)NC(=O)[C@H](Cc2ccc(O)cc2)NC(=O)CNC(=O)[C@@H]2CSSC[C@H](NC1=O)C(=O)N[C@@H](Cc1cnc[nH]1)C(=O)N1C[C@H](O)C[C@H]1C(=O)N[C@H](C(N)=O)CSSC[C@H](NC(=O)[C@@H](NC(=O)CNC(=O)[C@H](CC(N)=O)NC(=O)[C@@H](N)Cc1c[nH]c3ccccc13)C(C)C)C(=O)N2. The monoisotopic (exact) mass is 1590 g/mol. The van der Waals surface area contributed by atoms with Crippen LogP contribution < -0.4 is 86.7 Å². The van der Waals surface area contributed by atoms with Crippen LogP contribution in [0.4, 0.5) is 0 Å². The molecule has 7 rings (SSSR count). The van der Waals surface area contributed by atoms with Gasteiger partial charge in [0.2, 0.25) is 88.6 Å². The number of hydrogen-bond donors (Lipinski definition) is 20. The van der Waals surface area contributed by atoms with Crippen LogP contribution in [0.5, 0.6) is 5.75 Å². The number of hydrogen-bond acceptors (Lipinski definition) is 24. The second-order valence-electron chi connectivity index (χ2n) is 27.2. The van der Waals surface area contributed by atoms with Crippen LogP contribution in [0.25, 0.3) is 10.9 Å². The quantitative estimate of drug-likeness (QED) is 0.0231. The van der Waals surface area contributed by atoms with Gasteiger partial charge in [-0.15, -0.1) is 0 Å². The first-order chi connectivity index (χ1) is 51.9. The summed E-state index contributed by atoms with van der Waals surface area (Å²) >= 11 is 0. The lowest BCUT2D eigenvalue weighted by molar-refractivity contribution is -0.142. The van der Waals surface area contributed by atoms with Crippen molar-refractivity contribution in [2.75, 3.05) is 49.2 Å². The Morgan fingerprint density at radius 3 is 2.00 bits per heavy atom. The number of phenolic OH excluding ortho intramolecular Hbond substituents is 1. The predicted molar refractivity (Wildman–Crippen MR) is 406 cm³/mol. The Morgan fingerprint density at radius 2 is 1.33 bits per heavy atom. The zero-order valence-electron chi connectivity index (χ0n) is 60.4. The van der Waals surface area contributed by atoms with Gasteiger partial charge in [0.15, 0.2) is 0 Å². The minimum Gasteiger partial charge on any atom is -0.508 e. The van der Waals surface area contributed by atoms with Crippen molar-refractivity contribution < 1.29 is 82.1 Å². The van der Waals surface area contributed by atoms with Crippen molar-refractivity contribution in [2.24, 2.45) is 34.8 Å². The summed E-state index contributed by atoms with van der Waals surface area (Å²) in [5, 5.41) is 52.9. The van der Waals surface area contributed by atoms with Gasteiger partial charge in [0, 0.05) is 77.8 Å². The van der Waals surface area contributed by atoms with E-state index in [1.54, 1.807) is 26.1 Å². The van der Waals surface area contributed by atoms with Gasteiger partial charge in [-0.05, 0) is 79.8 Å². The summed E-state index contributed by atoms with van der Waals surface area (Å²) in [6.07, 6.45) is 2.20. The molecule has 2 aromatic heterocycles. The third-order valence-corrected chi connectivity index (χ3v) is 22.5. The number of carbonyl (C=O) groups excluding carboxylic acids is 15. The molecule has 0 spiro atoms. The maximum Gasteiger partial charge on any atom is 0.246 e. The highest BCUT2D eigenvalue weighted by Crippen LogP contribution is 2.28. The third kappa shape index (κ3) is 26.8. The molecule has 2 aromatic carbocycles. The Morgan fingerprint density at radius 1 is 0.679 bits per heavy atom.